The van der Waals surface area contributed by atoms with Crippen molar-refractivity contribution in [3.63, 3.8) is 0 Å². The number of aromatic carboxylic acids is 1. The summed E-state index contributed by atoms with van der Waals surface area (Å²) in [5.41, 5.74) is 0.690. The van der Waals surface area contributed by atoms with Gasteiger partial charge in [-0.3, -0.25) is 4.79 Å². The quantitative estimate of drug-likeness (QED) is 0.890. The lowest BCUT2D eigenvalue weighted by molar-refractivity contribution is -0.114. The highest BCUT2D eigenvalue weighted by atomic mass is 32.1. The molecule has 2 rings (SSSR count). The third-order valence-corrected chi connectivity index (χ3v) is 3.16. The molecular formula is C12H10N2O3S. The van der Waals surface area contributed by atoms with E-state index in [1.54, 1.807) is 0 Å². The monoisotopic (exact) mass is 262 g/mol. The maximum atomic E-state index is 11.0. The SMILES string of the molecule is CC(=O)Nc1sc(-c2ccccc2)nc1C(=O)O. The molecule has 0 bridgehead atoms. The zero-order valence-corrected chi connectivity index (χ0v) is 10.3. The van der Waals surface area contributed by atoms with Gasteiger partial charge in [0, 0.05) is 12.5 Å². The lowest BCUT2D eigenvalue weighted by Crippen LogP contribution is -2.08. The van der Waals surface area contributed by atoms with Gasteiger partial charge in [0.15, 0.2) is 5.69 Å². The Hall–Kier alpha value is -2.21. The van der Waals surface area contributed by atoms with E-state index < -0.39 is 5.97 Å². The molecule has 0 spiro atoms. The second-order valence-corrected chi connectivity index (χ2v) is 4.55. The third kappa shape index (κ3) is 2.54. The summed E-state index contributed by atoms with van der Waals surface area (Å²) in [4.78, 5) is 26.1. The van der Waals surface area contributed by atoms with Gasteiger partial charge in [0.25, 0.3) is 0 Å². The van der Waals surface area contributed by atoms with Crippen molar-refractivity contribution >= 4 is 28.2 Å². The van der Waals surface area contributed by atoms with Crippen LogP contribution in [-0.4, -0.2) is 22.0 Å². The normalized spacial score (nSPS) is 10.1. The summed E-state index contributed by atoms with van der Waals surface area (Å²) in [5.74, 6) is -1.47. The maximum absolute atomic E-state index is 11.0. The number of thiazole rings is 1. The number of hydrogen-bond donors (Lipinski definition) is 2. The fourth-order valence-electron chi connectivity index (χ4n) is 1.41. The number of nitrogens with one attached hydrogen (secondary N) is 1. The molecule has 0 unspecified atom stereocenters. The molecule has 6 heteroatoms. The standard InChI is InChI=1S/C12H10N2O3S/c1-7(15)13-11-9(12(16)17)14-10(18-11)8-5-3-2-4-6-8/h2-6H,1H3,(H,13,15)(H,16,17). The van der Waals surface area contributed by atoms with Gasteiger partial charge in [0.1, 0.15) is 10.0 Å². The van der Waals surface area contributed by atoms with E-state index in [0.717, 1.165) is 16.9 Å². The van der Waals surface area contributed by atoms with Crippen molar-refractivity contribution in [3.05, 3.63) is 36.0 Å². The number of carboxylic acid groups (broad SMARTS) is 1. The Morgan fingerprint density at radius 3 is 2.50 bits per heavy atom. The van der Waals surface area contributed by atoms with Gasteiger partial charge in [-0.15, -0.1) is 0 Å². The van der Waals surface area contributed by atoms with Crippen LogP contribution in [0.2, 0.25) is 0 Å². The van der Waals surface area contributed by atoms with Crippen LogP contribution in [0.5, 0.6) is 0 Å². The fourth-order valence-corrected chi connectivity index (χ4v) is 2.42. The van der Waals surface area contributed by atoms with Crippen LogP contribution in [0.15, 0.2) is 30.3 Å². The number of hydrogen-bond acceptors (Lipinski definition) is 4. The summed E-state index contributed by atoms with van der Waals surface area (Å²) in [6, 6.07) is 9.22. The highest BCUT2D eigenvalue weighted by molar-refractivity contribution is 7.19. The first-order valence-corrected chi connectivity index (χ1v) is 5.96. The fraction of sp³-hybridized carbons (Fsp3) is 0.0833. The van der Waals surface area contributed by atoms with E-state index >= 15 is 0 Å². The van der Waals surface area contributed by atoms with Crippen LogP contribution in [0.4, 0.5) is 5.00 Å². The van der Waals surface area contributed by atoms with Gasteiger partial charge in [-0.25, -0.2) is 9.78 Å². The smallest absolute Gasteiger partial charge is 0.357 e. The summed E-state index contributed by atoms with van der Waals surface area (Å²) in [6.07, 6.45) is 0. The van der Waals surface area contributed by atoms with E-state index in [2.05, 4.69) is 10.3 Å². The highest BCUT2D eigenvalue weighted by Crippen LogP contribution is 2.31. The largest absolute Gasteiger partial charge is 0.476 e. The van der Waals surface area contributed by atoms with Crippen molar-refractivity contribution in [2.45, 2.75) is 6.92 Å². The van der Waals surface area contributed by atoms with Gasteiger partial charge < -0.3 is 10.4 Å². The molecule has 0 saturated heterocycles. The number of anilines is 1. The van der Waals surface area contributed by atoms with Crippen molar-refractivity contribution in [1.29, 1.82) is 0 Å². The van der Waals surface area contributed by atoms with Crippen molar-refractivity contribution in [3.8, 4) is 10.6 Å². The molecule has 92 valence electrons. The van der Waals surface area contributed by atoms with E-state index in [1.165, 1.54) is 6.92 Å². The molecule has 2 N–H and O–H groups in total. The number of nitrogens with zero attached hydrogens (tertiary/aromatic N) is 1. The summed E-state index contributed by atoms with van der Waals surface area (Å²) >= 11 is 1.15. The number of carboxylic acids is 1. The summed E-state index contributed by atoms with van der Waals surface area (Å²) in [6.45, 7) is 1.33. The lowest BCUT2D eigenvalue weighted by Gasteiger charge is -1.96. The molecule has 1 aromatic carbocycles. The zero-order valence-electron chi connectivity index (χ0n) is 9.51. The molecule has 0 radical (unpaired) electrons. The number of carbonyl (C=O) groups excluding carboxylic acids is 1. The van der Waals surface area contributed by atoms with Gasteiger partial charge in [-0.05, 0) is 0 Å². The lowest BCUT2D eigenvalue weighted by atomic mass is 10.2. The van der Waals surface area contributed by atoms with Gasteiger partial charge in [0.2, 0.25) is 5.91 Å². The Kier molecular flexibility index (Phi) is 3.38. The molecule has 18 heavy (non-hydrogen) atoms. The average molecular weight is 262 g/mol. The van der Waals surface area contributed by atoms with Crippen molar-refractivity contribution in [1.82, 2.24) is 4.98 Å². The Bertz CT molecular complexity index is 593. The Morgan fingerprint density at radius 2 is 1.94 bits per heavy atom. The Balaban J connectivity index is 2.45. The van der Waals surface area contributed by atoms with E-state index in [1.807, 2.05) is 30.3 Å². The van der Waals surface area contributed by atoms with Gasteiger partial charge in [-0.1, -0.05) is 41.7 Å². The van der Waals surface area contributed by atoms with E-state index in [-0.39, 0.29) is 16.6 Å². The molecule has 0 aliphatic carbocycles. The van der Waals surface area contributed by atoms with Gasteiger partial charge in [0.05, 0.1) is 0 Å². The number of amides is 1. The van der Waals surface area contributed by atoms with Crippen LogP contribution in [-0.2, 0) is 4.79 Å². The highest BCUT2D eigenvalue weighted by Gasteiger charge is 2.18. The topological polar surface area (TPSA) is 79.3 Å². The second kappa shape index (κ2) is 4.97. The first kappa shape index (κ1) is 12.3. The molecular weight excluding hydrogens is 252 g/mol. The molecule has 1 aromatic heterocycles. The number of carbonyl (C=O) groups is 2. The van der Waals surface area contributed by atoms with Crippen LogP contribution < -0.4 is 5.32 Å². The molecule has 0 fully saturated rings. The number of rotatable bonds is 3. The van der Waals surface area contributed by atoms with Gasteiger partial charge >= 0.3 is 5.97 Å². The van der Waals surface area contributed by atoms with Crippen LogP contribution >= 0.6 is 11.3 Å². The Labute approximate surface area is 107 Å². The minimum Gasteiger partial charge on any atom is -0.476 e. The minimum atomic E-state index is -1.16. The van der Waals surface area contributed by atoms with Crippen LogP contribution in [0, 0.1) is 0 Å². The molecule has 1 heterocycles. The third-order valence-electron chi connectivity index (χ3n) is 2.14. The Morgan fingerprint density at radius 1 is 1.28 bits per heavy atom. The number of aromatic nitrogens is 1. The maximum Gasteiger partial charge on any atom is 0.357 e. The predicted molar refractivity (Wildman–Crippen MR) is 68.8 cm³/mol. The van der Waals surface area contributed by atoms with E-state index in [9.17, 15) is 9.59 Å². The van der Waals surface area contributed by atoms with Gasteiger partial charge in [-0.2, -0.15) is 0 Å². The van der Waals surface area contributed by atoms with E-state index in [4.69, 9.17) is 5.11 Å². The molecule has 0 aliphatic heterocycles. The van der Waals surface area contributed by atoms with Crippen molar-refractivity contribution < 1.29 is 14.7 Å². The minimum absolute atomic E-state index is 0.131. The summed E-state index contributed by atoms with van der Waals surface area (Å²) in [5, 5.41) is 12.3. The average Bonchev–Trinajstić information content (AvgIpc) is 2.73. The predicted octanol–water partition coefficient (Wildman–Crippen LogP) is 2.47. The number of benzene rings is 1. The summed E-state index contributed by atoms with van der Waals surface area (Å²) < 4.78 is 0. The van der Waals surface area contributed by atoms with Crippen molar-refractivity contribution in [2.75, 3.05) is 5.32 Å². The molecule has 0 atom stereocenters. The summed E-state index contributed by atoms with van der Waals surface area (Å²) in [7, 11) is 0. The second-order valence-electron chi connectivity index (χ2n) is 3.55. The first-order chi connectivity index (χ1) is 8.58. The molecule has 5 nitrogen and oxygen atoms in total. The molecule has 0 saturated carbocycles. The van der Waals surface area contributed by atoms with Crippen molar-refractivity contribution in [2.24, 2.45) is 0 Å². The van der Waals surface area contributed by atoms with E-state index in [0.29, 0.717) is 5.01 Å². The molecule has 1 amide bonds. The molecule has 0 aliphatic rings. The van der Waals surface area contributed by atoms with Crippen LogP contribution in [0.1, 0.15) is 17.4 Å². The zero-order chi connectivity index (χ0) is 13.1. The molecule has 2 aromatic rings. The first-order valence-electron chi connectivity index (χ1n) is 5.15. The van der Waals surface area contributed by atoms with Crippen LogP contribution in [0.25, 0.3) is 10.6 Å². The van der Waals surface area contributed by atoms with Crippen LogP contribution in [0.3, 0.4) is 0 Å².